The SMILES string of the molecule is C1=CCC(C2C=CC=C(c3ccc4c(c3)n3c5ccccc5c5cccc(c6cccc7c8ccccc8n4c76)c53)N2)C=C1. The fourth-order valence-electron chi connectivity index (χ4n) is 7.87. The maximum absolute atomic E-state index is 3.88. The van der Waals surface area contributed by atoms with Crippen molar-refractivity contribution in [3.05, 3.63) is 151 Å². The van der Waals surface area contributed by atoms with Gasteiger partial charge in [-0.15, -0.1) is 0 Å². The van der Waals surface area contributed by atoms with Crippen molar-refractivity contribution >= 4 is 71.1 Å². The highest BCUT2D eigenvalue weighted by molar-refractivity contribution is 6.25. The van der Waals surface area contributed by atoms with Crippen LogP contribution in [-0.4, -0.2) is 14.8 Å². The predicted molar refractivity (Wildman–Crippen MR) is 186 cm³/mol. The Bertz CT molecular complexity index is 2620. The lowest BCUT2D eigenvalue weighted by Crippen LogP contribution is -2.34. The minimum atomic E-state index is 0.262. The predicted octanol–water partition coefficient (Wildman–Crippen LogP) is 9.96. The van der Waals surface area contributed by atoms with E-state index in [4.69, 9.17) is 0 Å². The summed E-state index contributed by atoms with van der Waals surface area (Å²) in [6.07, 6.45) is 16.7. The van der Waals surface area contributed by atoms with Gasteiger partial charge in [0, 0.05) is 43.9 Å². The molecule has 2 atom stereocenters. The van der Waals surface area contributed by atoms with E-state index < -0.39 is 0 Å². The van der Waals surface area contributed by atoms with Crippen LogP contribution >= 0.6 is 0 Å². The number of para-hydroxylation sites is 4. The highest BCUT2D eigenvalue weighted by Gasteiger charge is 2.22. The van der Waals surface area contributed by atoms with Gasteiger partial charge in [-0.1, -0.05) is 115 Å². The summed E-state index contributed by atoms with van der Waals surface area (Å²) < 4.78 is 5.01. The standard InChI is InChI=1S/C41H29N3/c1-2-11-26(12-3-1)34-19-10-20-35(42-34)27-23-24-38-39(25-27)44-37-22-7-5-14-29(37)31-16-9-18-33(41(31)44)32-17-8-15-30-28-13-4-6-21-36(28)43(38)40(30)32/h1-11,13-26,34,42H,12H2. The lowest BCUT2D eigenvalue weighted by atomic mass is 9.90. The number of hydrogen-bond acceptors (Lipinski definition) is 1. The topological polar surface area (TPSA) is 20.9 Å². The van der Waals surface area contributed by atoms with Crippen molar-refractivity contribution in [1.29, 1.82) is 0 Å². The number of dihydropyridines is 1. The molecule has 0 saturated carbocycles. The van der Waals surface area contributed by atoms with E-state index in [2.05, 4.69) is 160 Å². The van der Waals surface area contributed by atoms with Crippen molar-refractivity contribution in [3.63, 3.8) is 0 Å². The van der Waals surface area contributed by atoms with E-state index in [-0.39, 0.29) is 6.04 Å². The maximum atomic E-state index is 3.88. The van der Waals surface area contributed by atoms with Crippen LogP contribution in [0.5, 0.6) is 0 Å². The number of nitrogens with one attached hydrogen (secondary N) is 1. The molecule has 0 amide bonds. The van der Waals surface area contributed by atoms with Gasteiger partial charge in [0.15, 0.2) is 0 Å². The summed E-state index contributed by atoms with van der Waals surface area (Å²) in [4.78, 5) is 0. The Hall–Kier alpha value is -5.54. The van der Waals surface area contributed by atoms with Crippen LogP contribution in [0, 0.1) is 5.92 Å². The van der Waals surface area contributed by atoms with E-state index in [0.29, 0.717) is 5.92 Å². The van der Waals surface area contributed by atoms with Gasteiger partial charge in [-0.3, -0.25) is 0 Å². The molecule has 0 spiro atoms. The first-order valence-electron chi connectivity index (χ1n) is 15.5. The normalized spacial score (nSPS) is 18.4. The summed E-state index contributed by atoms with van der Waals surface area (Å²) in [5.41, 5.74) is 9.71. The summed E-state index contributed by atoms with van der Waals surface area (Å²) in [7, 11) is 0. The van der Waals surface area contributed by atoms with Crippen LogP contribution in [0.4, 0.5) is 0 Å². The van der Waals surface area contributed by atoms with Crippen molar-refractivity contribution in [1.82, 2.24) is 14.1 Å². The molecule has 0 bridgehead atoms. The average molecular weight is 564 g/mol. The van der Waals surface area contributed by atoms with Gasteiger partial charge in [0.2, 0.25) is 0 Å². The quantitative estimate of drug-likeness (QED) is 0.222. The van der Waals surface area contributed by atoms with Gasteiger partial charge in [-0.25, -0.2) is 0 Å². The zero-order chi connectivity index (χ0) is 28.8. The molecule has 4 heterocycles. The molecule has 1 aliphatic carbocycles. The molecule has 3 aromatic heterocycles. The Morgan fingerprint density at radius 2 is 1.14 bits per heavy atom. The monoisotopic (exact) mass is 563 g/mol. The smallest absolute Gasteiger partial charge is 0.0709 e. The highest BCUT2D eigenvalue weighted by atomic mass is 15.0. The molecule has 3 heteroatoms. The molecule has 1 aliphatic heterocycles. The van der Waals surface area contributed by atoms with Gasteiger partial charge < -0.3 is 14.1 Å². The molecule has 8 aromatic rings. The summed E-state index contributed by atoms with van der Waals surface area (Å²) in [5.74, 6) is 0.445. The van der Waals surface area contributed by atoms with Crippen molar-refractivity contribution in [2.24, 2.45) is 5.92 Å². The molecular formula is C41H29N3. The van der Waals surface area contributed by atoms with E-state index in [1.54, 1.807) is 0 Å². The maximum Gasteiger partial charge on any atom is 0.0709 e. The van der Waals surface area contributed by atoms with Gasteiger partial charge in [0.05, 0.1) is 39.1 Å². The molecule has 0 fully saturated rings. The average Bonchev–Trinajstić information content (AvgIpc) is 3.61. The van der Waals surface area contributed by atoms with Crippen LogP contribution in [0.25, 0.3) is 71.1 Å². The molecule has 44 heavy (non-hydrogen) atoms. The summed E-state index contributed by atoms with van der Waals surface area (Å²) >= 11 is 0. The molecule has 0 saturated heterocycles. The third-order valence-electron chi connectivity index (χ3n) is 9.83. The Balaban J connectivity index is 1.38. The van der Waals surface area contributed by atoms with Crippen LogP contribution in [0.1, 0.15) is 12.0 Å². The van der Waals surface area contributed by atoms with Crippen LogP contribution in [0.15, 0.2) is 146 Å². The van der Waals surface area contributed by atoms with E-state index in [1.165, 1.54) is 71.0 Å². The number of benzene rings is 5. The minimum Gasteiger partial charge on any atom is -0.378 e. The van der Waals surface area contributed by atoms with Crippen LogP contribution in [0.2, 0.25) is 0 Å². The largest absolute Gasteiger partial charge is 0.378 e. The van der Waals surface area contributed by atoms with Crippen LogP contribution in [0.3, 0.4) is 0 Å². The number of fused-ring (bicyclic) bond motifs is 10. The lowest BCUT2D eigenvalue weighted by Gasteiger charge is -2.28. The number of hydrogen-bond donors (Lipinski definition) is 1. The zero-order valence-electron chi connectivity index (χ0n) is 24.1. The van der Waals surface area contributed by atoms with E-state index in [1.807, 2.05) is 0 Å². The molecule has 5 aromatic carbocycles. The molecule has 2 aliphatic rings. The molecule has 2 unspecified atom stereocenters. The number of rotatable bonds is 2. The Morgan fingerprint density at radius 1 is 0.523 bits per heavy atom. The number of allylic oxidation sites excluding steroid dienone is 5. The van der Waals surface area contributed by atoms with Gasteiger partial charge in [0.1, 0.15) is 0 Å². The first-order valence-corrected chi connectivity index (χ1v) is 15.5. The van der Waals surface area contributed by atoms with Gasteiger partial charge in [-0.2, -0.15) is 0 Å². The zero-order valence-corrected chi connectivity index (χ0v) is 24.1. The molecule has 3 nitrogen and oxygen atoms in total. The van der Waals surface area contributed by atoms with Gasteiger partial charge in [0.25, 0.3) is 0 Å². The van der Waals surface area contributed by atoms with Crippen molar-refractivity contribution in [2.75, 3.05) is 0 Å². The van der Waals surface area contributed by atoms with Gasteiger partial charge >= 0.3 is 0 Å². The van der Waals surface area contributed by atoms with E-state index >= 15 is 0 Å². The van der Waals surface area contributed by atoms with Crippen LogP contribution in [-0.2, 0) is 0 Å². The van der Waals surface area contributed by atoms with E-state index in [0.717, 1.165) is 12.1 Å². The second kappa shape index (κ2) is 8.98. The van der Waals surface area contributed by atoms with Crippen molar-refractivity contribution in [3.8, 4) is 0 Å². The fourth-order valence-corrected chi connectivity index (χ4v) is 7.87. The second-order valence-corrected chi connectivity index (χ2v) is 12.2. The Kier molecular flexibility index (Phi) is 4.89. The summed E-state index contributed by atoms with van der Waals surface area (Å²) in [6, 6.07) is 38.6. The van der Waals surface area contributed by atoms with Crippen molar-refractivity contribution in [2.45, 2.75) is 12.5 Å². The third-order valence-corrected chi connectivity index (χ3v) is 9.83. The summed E-state index contributed by atoms with van der Waals surface area (Å²) in [6.45, 7) is 0. The highest BCUT2D eigenvalue weighted by Crippen LogP contribution is 2.40. The second-order valence-electron chi connectivity index (χ2n) is 12.2. The number of nitrogens with zero attached hydrogens (tertiary/aromatic N) is 2. The first kappa shape index (κ1) is 24.0. The minimum absolute atomic E-state index is 0.262. The summed E-state index contributed by atoms with van der Waals surface area (Å²) in [5, 5.41) is 11.5. The number of aromatic nitrogens is 2. The first-order chi connectivity index (χ1) is 21.8. The van der Waals surface area contributed by atoms with Crippen molar-refractivity contribution < 1.29 is 0 Å². The molecule has 1 N–H and O–H groups in total. The van der Waals surface area contributed by atoms with Crippen LogP contribution < -0.4 is 5.32 Å². The third kappa shape index (κ3) is 3.21. The van der Waals surface area contributed by atoms with Gasteiger partial charge in [-0.05, 0) is 42.3 Å². The molecular weight excluding hydrogens is 534 g/mol. The molecule has 208 valence electrons. The Labute approximate surface area is 254 Å². The molecule has 10 rings (SSSR count). The fraction of sp³-hybridized carbons (Fsp3) is 0.0732. The Morgan fingerprint density at radius 3 is 1.80 bits per heavy atom. The molecule has 0 radical (unpaired) electrons. The van der Waals surface area contributed by atoms with E-state index in [9.17, 15) is 0 Å². The lowest BCUT2D eigenvalue weighted by molar-refractivity contribution is 0.528.